The molecule has 0 spiro atoms. The van der Waals surface area contributed by atoms with Crippen molar-refractivity contribution >= 4 is 23.9 Å². The minimum Gasteiger partial charge on any atom is -0.549 e. The molecule has 0 aromatic rings. The third-order valence-corrected chi connectivity index (χ3v) is 2.16. The second kappa shape index (κ2) is 24.2. The zero-order valence-corrected chi connectivity index (χ0v) is 17.0. The standard InChI is InChI=1S/C10H16N2O8.Fe.Na.4H2O/c13-7(14)3-11(4-8(15)16)1-2-12(5-9(17)18)6-10(19)20;;;;;;/h1-6H2,(H,13,14)(H,15,16)(H,17,18)(H,19,20);;;4*1H2/q;;+1;;;;/p-1. The Bertz CT molecular complexity index is 332. The summed E-state index contributed by atoms with van der Waals surface area (Å²) in [5.41, 5.74) is 0. The van der Waals surface area contributed by atoms with Crippen LogP contribution in [0.1, 0.15) is 0 Å². The van der Waals surface area contributed by atoms with Crippen molar-refractivity contribution in [1.82, 2.24) is 9.80 Å². The predicted molar refractivity (Wildman–Crippen MR) is 75.2 cm³/mol. The van der Waals surface area contributed by atoms with Crippen LogP contribution < -0.4 is 34.7 Å². The average molecular weight is 442 g/mol. The van der Waals surface area contributed by atoms with Gasteiger partial charge in [0.1, 0.15) is 0 Å². The van der Waals surface area contributed by atoms with Crippen LogP contribution in [0.2, 0.25) is 0 Å². The summed E-state index contributed by atoms with van der Waals surface area (Å²) in [5, 5.41) is 36.3. The maximum atomic E-state index is 10.5. The van der Waals surface area contributed by atoms with Crippen molar-refractivity contribution in [3.8, 4) is 0 Å². The fourth-order valence-electron chi connectivity index (χ4n) is 1.47. The van der Waals surface area contributed by atoms with Crippen LogP contribution in [0.25, 0.3) is 0 Å². The number of rotatable bonds is 11. The predicted octanol–water partition coefficient (Wildman–Crippen LogP) is -9.70. The van der Waals surface area contributed by atoms with Gasteiger partial charge in [0.2, 0.25) is 0 Å². The van der Waals surface area contributed by atoms with Gasteiger partial charge in [-0.15, -0.1) is 0 Å². The molecule has 11 N–H and O–H groups in total. The van der Waals surface area contributed by atoms with Crippen LogP contribution >= 0.6 is 0 Å². The zero-order chi connectivity index (χ0) is 15.7. The maximum Gasteiger partial charge on any atom is 1.00 e. The van der Waals surface area contributed by atoms with E-state index >= 15 is 0 Å². The number of nitrogens with zero attached hydrogens (tertiary/aromatic N) is 2. The second-order valence-corrected chi connectivity index (χ2v) is 3.97. The molecule has 0 rings (SSSR count). The largest absolute Gasteiger partial charge is 1.00 e. The van der Waals surface area contributed by atoms with Gasteiger partial charge in [-0.2, -0.15) is 0 Å². The molecular formula is C10H23FeN2NaO12. The number of hydrogen-bond acceptors (Lipinski definition) is 7. The molecule has 0 saturated heterocycles. The first-order valence-electron chi connectivity index (χ1n) is 5.50. The third kappa shape index (κ3) is 28.0. The van der Waals surface area contributed by atoms with E-state index in [1.165, 1.54) is 0 Å². The Labute approximate surface area is 180 Å². The van der Waals surface area contributed by atoms with E-state index in [4.69, 9.17) is 15.3 Å². The van der Waals surface area contributed by atoms with Gasteiger partial charge in [-0.05, 0) is 0 Å². The van der Waals surface area contributed by atoms with Gasteiger partial charge in [0.25, 0.3) is 0 Å². The van der Waals surface area contributed by atoms with Gasteiger partial charge in [-0.1, -0.05) is 0 Å². The van der Waals surface area contributed by atoms with Gasteiger partial charge in [0.15, 0.2) is 0 Å². The summed E-state index contributed by atoms with van der Waals surface area (Å²) < 4.78 is 0. The summed E-state index contributed by atoms with van der Waals surface area (Å²) in [7, 11) is 0. The van der Waals surface area contributed by atoms with Gasteiger partial charge in [0, 0.05) is 36.7 Å². The van der Waals surface area contributed by atoms with Crippen LogP contribution in [0.3, 0.4) is 0 Å². The molecule has 0 aliphatic rings. The summed E-state index contributed by atoms with van der Waals surface area (Å²) in [6, 6.07) is 0. The van der Waals surface area contributed by atoms with Crippen LogP contribution in [-0.2, 0) is 36.2 Å². The summed E-state index contributed by atoms with van der Waals surface area (Å²) in [4.78, 5) is 44.1. The maximum absolute atomic E-state index is 10.5. The minimum atomic E-state index is -1.48. The van der Waals surface area contributed by atoms with E-state index in [-0.39, 0.29) is 81.6 Å². The Morgan fingerprint density at radius 1 is 0.654 bits per heavy atom. The molecule has 26 heavy (non-hydrogen) atoms. The van der Waals surface area contributed by atoms with Gasteiger partial charge in [-0.25, -0.2) is 0 Å². The molecule has 14 nitrogen and oxygen atoms in total. The fraction of sp³-hybridized carbons (Fsp3) is 0.600. The molecule has 0 unspecified atom stereocenters. The molecule has 0 aromatic heterocycles. The molecule has 0 saturated carbocycles. The topological polar surface area (TPSA) is 285 Å². The third-order valence-electron chi connectivity index (χ3n) is 2.16. The quantitative estimate of drug-likeness (QED) is 0.254. The van der Waals surface area contributed by atoms with Crippen LogP contribution in [0.4, 0.5) is 0 Å². The molecule has 0 heterocycles. The average Bonchev–Trinajstić information content (AvgIpc) is 2.22. The molecule has 0 atom stereocenters. The molecule has 0 aromatic carbocycles. The Morgan fingerprint density at radius 3 is 1.08 bits per heavy atom. The van der Waals surface area contributed by atoms with Crippen molar-refractivity contribution in [2.75, 3.05) is 39.3 Å². The Kier molecular flexibility index (Phi) is 41.4. The molecule has 0 aliphatic carbocycles. The first kappa shape index (κ1) is 44.5. The Hall–Kier alpha value is -0.841. The summed E-state index contributed by atoms with van der Waals surface area (Å²) >= 11 is 0. The minimum absolute atomic E-state index is 0. The molecule has 16 heteroatoms. The van der Waals surface area contributed by atoms with Crippen molar-refractivity contribution in [1.29, 1.82) is 0 Å². The van der Waals surface area contributed by atoms with Crippen LogP contribution in [0.5, 0.6) is 0 Å². The van der Waals surface area contributed by atoms with E-state index in [2.05, 4.69) is 0 Å². The molecule has 154 valence electrons. The monoisotopic (exact) mass is 442 g/mol. The normalized spacial score (nSPS) is 8.23. The zero-order valence-electron chi connectivity index (χ0n) is 13.9. The summed E-state index contributed by atoms with van der Waals surface area (Å²) in [5.74, 6) is -5.21. The van der Waals surface area contributed by atoms with E-state index in [1.807, 2.05) is 0 Å². The Balaban J connectivity index is -0.000000120. The van der Waals surface area contributed by atoms with Crippen LogP contribution in [0.15, 0.2) is 0 Å². The van der Waals surface area contributed by atoms with Crippen LogP contribution in [0, 0.1) is 0 Å². The van der Waals surface area contributed by atoms with E-state index in [0.29, 0.717) is 0 Å². The molecule has 0 fully saturated rings. The fourth-order valence-corrected chi connectivity index (χ4v) is 1.47. The number of carbonyl (C=O) groups is 4. The van der Waals surface area contributed by atoms with Crippen molar-refractivity contribution < 1.29 is 108 Å². The van der Waals surface area contributed by atoms with Crippen molar-refractivity contribution in [2.45, 2.75) is 0 Å². The molecule has 0 aliphatic heterocycles. The van der Waals surface area contributed by atoms with E-state index in [9.17, 15) is 24.3 Å². The van der Waals surface area contributed by atoms with Crippen molar-refractivity contribution in [2.24, 2.45) is 0 Å². The molecule has 0 bridgehead atoms. The van der Waals surface area contributed by atoms with Crippen molar-refractivity contribution in [3.63, 3.8) is 0 Å². The number of aliphatic carboxylic acids is 4. The number of hydrogen-bond donors (Lipinski definition) is 3. The number of carbonyl (C=O) groups excluding carboxylic acids is 1. The smallest absolute Gasteiger partial charge is 0.549 e. The van der Waals surface area contributed by atoms with Gasteiger partial charge in [-0.3, -0.25) is 24.2 Å². The SMILES string of the molecule is O.O.O.O.O=C([O-])CN(CCN(CC(=O)O)CC(=O)O)CC(=O)O.[Fe].[Na+]. The molecular weight excluding hydrogens is 419 g/mol. The second-order valence-electron chi connectivity index (χ2n) is 3.97. The molecule has 0 radical (unpaired) electrons. The number of carboxylic acid groups (broad SMARTS) is 4. The first-order valence-corrected chi connectivity index (χ1v) is 5.50. The Morgan fingerprint density at radius 2 is 0.885 bits per heavy atom. The van der Waals surface area contributed by atoms with Crippen LogP contribution in [-0.4, -0.2) is 110 Å². The van der Waals surface area contributed by atoms with Crippen molar-refractivity contribution in [3.05, 3.63) is 0 Å². The van der Waals surface area contributed by atoms with Gasteiger partial charge < -0.3 is 47.1 Å². The van der Waals surface area contributed by atoms with E-state index in [1.54, 1.807) is 0 Å². The first-order chi connectivity index (χ1) is 9.20. The van der Waals surface area contributed by atoms with E-state index < -0.39 is 50.1 Å². The van der Waals surface area contributed by atoms with Gasteiger partial charge in [0.05, 0.1) is 25.6 Å². The van der Waals surface area contributed by atoms with E-state index in [0.717, 1.165) is 9.80 Å². The number of carboxylic acids is 4. The van der Waals surface area contributed by atoms with Gasteiger partial charge >= 0.3 is 47.5 Å². The molecule has 0 amide bonds. The summed E-state index contributed by atoms with van der Waals surface area (Å²) in [6.45, 7) is -2.50. The summed E-state index contributed by atoms with van der Waals surface area (Å²) in [6.07, 6.45) is 0.